The Kier molecular flexibility index (Phi) is 5.71. The van der Waals surface area contributed by atoms with Crippen molar-refractivity contribution < 1.29 is 14.3 Å². The number of benzene rings is 2. The first-order chi connectivity index (χ1) is 16.1. The number of aromatic nitrogens is 3. The van der Waals surface area contributed by atoms with Crippen molar-refractivity contribution in [1.29, 1.82) is 0 Å². The summed E-state index contributed by atoms with van der Waals surface area (Å²) in [4.78, 5) is 24.7. The summed E-state index contributed by atoms with van der Waals surface area (Å²) >= 11 is 6.29. The molecule has 0 fully saturated rings. The van der Waals surface area contributed by atoms with E-state index in [0.29, 0.717) is 45.7 Å². The largest absolute Gasteiger partial charge is 0.496 e. The summed E-state index contributed by atoms with van der Waals surface area (Å²) in [5.74, 6) is 1.55. The van der Waals surface area contributed by atoms with Crippen molar-refractivity contribution in [3.8, 4) is 34.3 Å². The minimum Gasteiger partial charge on any atom is -0.496 e. The number of halogens is 1. The number of hydrogen-bond donors (Lipinski definition) is 2. The highest BCUT2D eigenvalue weighted by Gasteiger charge is 2.22. The minimum atomic E-state index is -0.0759. The van der Waals surface area contributed by atoms with Gasteiger partial charge in [-0.2, -0.15) is 0 Å². The lowest BCUT2D eigenvalue weighted by Gasteiger charge is -2.15. The van der Waals surface area contributed by atoms with Crippen LogP contribution in [0.3, 0.4) is 0 Å². The van der Waals surface area contributed by atoms with Crippen molar-refractivity contribution in [1.82, 2.24) is 20.3 Å². The molecule has 0 radical (unpaired) electrons. The van der Waals surface area contributed by atoms with Crippen LogP contribution in [0, 0.1) is 0 Å². The Morgan fingerprint density at radius 3 is 2.76 bits per heavy atom. The van der Waals surface area contributed by atoms with Crippen molar-refractivity contribution in [2.24, 2.45) is 0 Å². The summed E-state index contributed by atoms with van der Waals surface area (Å²) in [7, 11) is 1.60. The second-order valence-corrected chi connectivity index (χ2v) is 7.97. The van der Waals surface area contributed by atoms with Gasteiger partial charge < -0.3 is 19.8 Å². The third-order valence-electron chi connectivity index (χ3n) is 5.51. The number of H-pyrrole nitrogens is 1. The smallest absolute Gasteiger partial charge is 0.253 e. The number of hydrogen-bond acceptors (Lipinski definition) is 5. The molecule has 0 spiro atoms. The lowest BCUT2D eigenvalue weighted by atomic mass is 10.1. The predicted molar refractivity (Wildman–Crippen MR) is 126 cm³/mol. The van der Waals surface area contributed by atoms with Gasteiger partial charge in [-0.3, -0.25) is 4.79 Å². The van der Waals surface area contributed by atoms with Crippen molar-refractivity contribution in [2.45, 2.75) is 13.0 Å². The average Bonchev–Trinajstić information content (AvgIpc) is 3.29. The number of rotatable bonds is 6. The molecule has 3 heterocycles. The Bertz CT molecular complexity index is 1330. The summed E-state index contributed by atoms with van der Waals surface area (Å²) in [5.41, 5.74) is 4.51. The maximum atomic E-state index is 12.2. The van der Waals surface area contributed by atoms with E-state index in [1.54, 1.807) is 19.4 Å². The number of carbonyl (C=O) groups is 1. The lowest BCUT2D eigenvalue weighted by molar-refractivity contribution is 0.0946. The van der Waals surface area contributed by atoms with Gasteiger partial charge in [-0.25, -0.2) is 9.97 Å². The van der Waals surface area contributed by atoms with E-state index in [2.05, 4.69) is 15.3 Å². The maximum Gasteiger partial charge on any atom is 0.253 e. The van der Waals surface area contributed by atoms with Crippen LogP contribution in [-0.4, -0.2) is 34.5 Å². The van der Waals surface area contributed by atoms with Crippen LogP contribution in [0.2, 0.25) is 5.02 Å². The number of amides is 1. The van der Waals surface area contributed by atoms with E-state index in [1.165, 1.54) is 0 Å². The van der Waals surface area contributed by atoms with Crippen LogP contribution in [0.4, 0.5) is 0 Å². The first-order valence-corrected chi connectivity index (χ1v) is 10.9. The molecule has 1 amide bonds. The number of fused-ring (bicyclic) bond motifs is 1. The third kappa shape index (κ3) is 4.15. The molecule has 2 aromatic heterocycles. The zero-order valence-corrected chi connectivity index (χ0v) is 18.6. The molecule has 0 saturated carbocycles. The summed E-state index contributed by atoms with van der Waals surface area (Å²) < 4.78 is 11.7. The normalized spacial score (nSPS) is 12.7. The molecule has 1 aliphatic heterocycles. The summed E-state index contributed by atoms with van der Waals surface area (Å²) in [6.07, 6.45) is 2.44. The molecule has 2 N–H and O–H groups in total. The molecule has 0 aliphatic carbocycles. The van der Waals surface area contributed by atoms with E-state index in [1.807, 2.05) is 48.5 Å². The van der Waals surface area contributed by atoms with E-state index in [9.17, 15) is 4.79 Å². The van der Waals surface area contributed by atoms with Crippen molar-refractivity contribution >= 4 is 17.5 Å². The average molecular weight is 461 g/mol. The molecule has 5 rings (SSSR count). The standard InChI is InChI=1S/C25H21ClN4O3/c1-32-21-7-4-8-22(33-14-15-5-2-3-6-17(15)26)23(21)24-27-11-10-19(30-24)20-13-16-18(29-20)9-12-28-25(16)31/h2-8,10-11,13,29H,9,12,14H2,1H3,(H,28,31). The highest BCUT2D eigenvalue weighted by Crippen LogP contribution is 2.37. The molecule has 8 heteroatoms. The van der Waals surface area contributed by atoms with E-state index in [4.69, 9.17) is 26.1 Å². The molecule has 0 saturated heterocycles. The quantitative estimate of drug-likeness (QED) is 0.436. The van der Waals surface area contributed by atoms with Crippen LogP contribution >= 0.6 is 11.6 Å². The van der Waals surface area contributed by atoms with E-state index in [-0.39, 0.29) is 12.5 Å². The molecule has 1 aliphatic rings. The fourth-order valence-electron chi connectivity index (χ4n) is 3.85. The highest BCUT2D eigenvalue weighted by atomic mass is 35.5. The Morgan fingerprint density at radius 1 is 1.09 bits per heavy atom. The maximum absolute atomic E-state index is 12.2. The fraction of sp³-hybridized carbons (Fsp3) is 0.160. The van der Waals surface area contributed by atoms with Gasteiger partial charge in [0.15, 0.2) is 5.82 Å². The van der Waals surface area contributed by atoms with Crippen LogP contribution < -0.4 is 14.8 Å². The molecular weight excluding hydrogens is 440 g/mol. The lowest BCUT2D eigenvalue weighted by Crippen LogP contribution is -2.31. The van der Waals surface area contributed by atoms with E-state index in [0.717, 1.165) is 23.4 Å². The summed E-state index contributed by atoms with van der Waals surface area (Å²) in [5, 5.41) is 3.50. The molecule has 0 bridgehead atoms. The van der Waals surface area contributed by atoms with Crippen LogP contribution in [0.1, 0.15) is 21.6 Å². The molecule has 7 nitrogen and oxygen atoms in total. The van der Waals surface area contributed by atoms with Crippen LogP contribution in [0.25, 0.3) is 22.8 Å². The third-order valence-corrected chi connectivity index (χ3v) is 5.88. The molecule has 2 aromatic carbocycles. The number of methoxy groups -OCH3 is 1. The zero-order chi connectivity index (χ0) is 22.8. The Balaban J connectivity index is 1.52. The number of nitrogens with zero attached hydrogens (tertiary/aromatic N) is 2. The molecule has 166 valence electrons. The second-order valence-electron chi connectivity index (χ2n) is 7.56. The van der Waals surface area contributed by atoms with Crippen LogP contribution in [0.5, 0.6) is 11.5 Å². The summed E-state index contributed by atoms with van der Waals surface area (Å²) in [6.45, 7) is 0.909. The van der Waals surface area contributed by atoms with Crippen molar-refractivity contribution in [2.75, 3.05) is 13.7 Å². The number of carbonyl (C=O) groups excluding carboxylic acids is 1. The molecule has 4 aromatic rings. The first-order valence-electron chi connectivity index (χ1n) is 10.5. The van der Waals surface area contributed by atoms with Gasteiger partial charge in [0.1, 0.15) is 23.7 Å². The van der Waals surface area contributed by atoms with Crippen LogP contribution in [-0.2, 0) is 13.0 Å². The van der Waals surface area contributed by atoms with Gasteiger partial charge in [0.05, 0.1) is 24.1 Å². The number of ether oxygens (including phenoxy) is 2. The Labute approximate surface area is 195 Å². The van der Waals surface area contributed by atoms with E-state index >= 15 is 0 Å². The van der Waals surface area contributed by atoms with Gasteiger partial charge >= 0.3 is 0 Å². The molecule has 0 unspecified atom stereocenters. The van der Waals surface area contributed by atoms with Gasteiger partial charge in [0, 0.05) is 35.4 Å². The first kappa shape index (κ1) is 21.0. The van der Waals surface area contributed by atoms with Crippen molar-refractivity contribution in [3.05, 3.63) is 82.6 Å². The van der Waals surface area contributed by atoms with E-state index < -0.39 is 0 Å². The predicted octanol–water partition coefficient (Wildman–Crippen LogP) is 4.67. The fourth-order valence-corrected chi connectivity index (χ4v) is 4.04. The molecule has 0 atom stereocenters. The summed E-state index contributed by atoms with van der Waals surface area (Å²) in [6, 6.07) is 16.7. The minimum absolute atomic E-state index is 0.0759. The van der Waals surface area contributed by atoms with Crippen LogP contribution in [0.15, 0.2) is 60.8 Å². The monoisotopic (exact) mass is 460 g/mol. The second kappa shape index (κ2) is 8.96. The zero-order valence-electron chi connectivity index (χ0n) is 17.9. The van der Waals surface area contributed by atoms with Gasteiger partial charge in [-0.15, -0.1) is 0 Å². The van der Waals surface area contributed by atoms with Crippen molar-refractivity contribution in [3.63, 3.8) is 0 Å². The van der Waals surface area contributed by atoms with Gasteiger partial charge in [-0.1, -0.05) is 35.9 Å². The SMILES string of the molecule is COc1cccc(OCc2ccccc2Cl)c1-c1nccc(-c2cc3c([nH]2)CCNC3=O)n1. The van der Waals surface area contributed by atoms with Gasteiger partial charge in [0.25, 0.3) is 5.91 Å². The Hall–Kier alpha value is -3.84. The number of aromatic amines is 1. The Morgan fingerprint density at radius 2 is 1.94 bits per heavy atom. The highest BCUT2D eigenvalue weighted by molar-refractivity contribution is 6.31. The molecular formula is C25H21ClN4O3. The van der Waals surface area contributed by atoms with Gasteiger partial charge in [-0.05, 0) is 30.3 Å². The number of nitrogens with one attached hydrogen (secondary N) is 2. The van der Waals surface area contributed by atoms with Gasteiger partial charge in [0.2, 0.25) is 0 Å². The topological polar surface area (TPSA) is 89.1 Å². The molecule has 33 heavy (non-hydrogen) atoms.